The number of nitrogens with zero attached hydrogens (tertiary/aromatic N) is 2. The molecule has 0 amide bonds. The van der Waals surface area contributed by atoms with Crippen LogP contribution >= 0.6 is 11.8 Å². The summed E-state index contributed by atoms with van der Waals surface area (Å²) in [6, 6.07) is 1.97. The van der Waals surface area contributed by atoms with Crippen LogP contribution in [0.25, 0.3) is 0 Å². The molecule has 0 unspecified atom stereocenters. The van der Waals surface area contributed by atoms with E-state index in [1.54, 1.807) is 18.1 Å². The normalized spacial score (nSPS) is 10.0. The summed E-state index contributed by atoms with van der Waals surface area (Å²) in [7, 11) is 0. The molecule has 60 valence electrons. The molecule has 0 spiro atoms. The van der Waals surface area contributed by atoms with Gasteiger partial charge in [-0.1, -0.05) is 0 Å². The summed E-state index contributed by atoms with van der Waals surface area (Å²) in [4.78, 5) is 8.12. The number of hydrogen-bond donors (Lipinski definition) is 1. The molecular weight excluding hydrogens is 158 g/mol. The Balaban J connectivity index is 2.74. The lowest BCUT2D eigenvalue weighted by atomic mass is 10.3. The van der Waals surface area contributed by atoms with Crippen molar-refractivity contribution in [3.05, 3.63) is 18.1 Å². The van der Waals surface area contributed by atoms with Gasteiger partial charge in [0.15, 0.2) is 0 Å². The molecule has 3 nitrogen and oxygen atoms in total. The van der Waals surface area contributed by atoms with E-state index in [1.807, 2.05) is 12.3 Å². The van der Waals surface area contributed by atoms with Gasteiger partial charge in [-0.25, -0.2) is 9.97 Å². The quantitative estimate of drug-likeness (QED) is 0.534. The minimum atomic E-state index is 0.644. The minimum Gasteiger partial charge on any atom is -0.330 e. The molecule has 0 aliphatic heterocycles. The van der Waals surface area contributed by atoms with E-state index in [2.05, 4.69) is 9.97 Å². The van der Waals surface area contributed by atoms with Gasteiger partial charge in [-0.3, -0.25) is 0 Å². The summed E-state index contributed by atoms with van der Waals surface area (Å²) < 4.78 is 0. The molecule has 0 aliphatic carbocycles. The zero-order chi connectivity index (χ0) is 8.10. The third-order valence-corrected chi connectivity index (χ3v) is 1.95. The van der Waals surface area contributed by atoms with Crippen LogP contribution in [0.3, 0.4) is 0 Å². The van der Waals surface area contributed by atoms with Gasteiger partial charge in [0.1, 0.15) is 6.33 Å². The van der Waals surface area contributed by atoms with Crippen molar-refractivity contribution in [3.63, 3.8) is 0 Å². The van der Waals surface area contributed by atoms with Crippen molar-refractivity contribution in [1.82, 2.24) is 9.97 Å². The summed E-state index contributed by atoms with van der Waals surface area (Å²) in [5.41, 5.74) is 6.41. The maximum absolute atomic E-state index is 5.38. The fourth-order valence-electron chi connectivity index (χ4n) is 0.773. The molecule has 11 heavy (non-hydrogen) atoms. The van der Waals surface area contributed by atoms with Crippen LogP contribution in [0.1, 0.15) is 5.69 Å². The highest BCUT2D eigenvalue weighted by Gasteiger charge is 1.95. The fraction of sp³-hybridized carbons (Fsp3) is 0.429. The number of hydrogen-bond acceptors (Lipinski definition) is 4. The van der Waals surface area contributed by atoms with Gasteiger partial charge in [-0.15, -0.1) is 11.8 Å². The lowest BCUT2D eigenvalue weighted by Crippen LogP contribution is -2.04. The van der Waals surface area contributed by atoms with Crippen molar-refractivity contribution < 1.29 is 0 Å². The molecule has 4 heteroatoms. The standard InChI is InChI=1S/C7H11N3S/c1-11-7-4-6(2-3-8)9-5-10-7/h4-5H,2-3,8H2,1H3. The molecule has 2 N–H and O–H groups in total. The fourth-order valence-corrected chi connectivity index (χ4v) is 1.18. The molecule has 0 radical (unpaired) electrons. The van der Waals surface area contributed by atoms with E-state index >= 15 is 0 Å². The first kappa shape index (κ1) is 8.49. The van der Waals surface area contributed by atoms with Crippen molar-refractivity contribution >= 4 is 11.8 Å². The molecule has 0 atom stereocenters. The average Bonchev–Trinajstić information content (AvgIpc) is 2.06. The van der Waals surface area contributed by atoms with E-state index in [0.29, 0.717) is 6.54 Å². The maximum atomic E-state index is 5.38. The minimum absolute atomic E-state index is 0.644. The predicted molar refractivity (Wildman–Crippen MR) is 46.6 cm³/mol. The largest absolute Gasteiger partial charge is 0.330 e. The van der Waals surface area contributed by atoms with E-state index in [1.165, 1.54) is 0 Å². The van der Waals surface area contributed by atoms with Crippen molar-refractivity contribution in [2.75, 3.05) is 12.8 Å². The van der Waals surface area contributed by atoms with Gasteiger partial charge in [0.25, 0.3) is 0 Å². The summed E-state index contributed by atoms with van der Waals surface area (Å²) in [6.07, 6.45) is 4.40. The predicted octanol–water partition coefficient (Wildman–Crippen LogP) is 0.700. The first-order chi connectivity index (χ1) is 5.36. The van der Waals surface area contributed by atoms with E-state index in [4.69, 9.17) is 5.73 Å². The highest BCUT2D eigenvalue weighted by Crippen LogP contribution is 2.10. The van der Waals surface area contributed by atoms with Crippen molar-refractivity contribution in [2.45, 2.75) is 11.4 Å². The molecule has 1 aromatic heterocycles. The second-order valence-electron chi connectivity index (χ2n) is 2.09. The summed E-state index contributed by atoms with van der Waals surface area (Å²) in [5.74, 6) is 0. The number of nitrogens with two attached hydrogens (primary N) is 1. The van der Waals surface area contributed by atoms with Gasteiger partial charge >= 0.3 is 0 Å². The van der Waals surface area contributed by atoms with Crippen LogP contribution in [0.4, 0.5) is 0 Å². The first-order valence-electron chi connectivity index (χ1n) is 3.42. The van der Waals surface area contributed by atoms with Crippen molar-refractivity contribution in [3.8, 4) is 0 Å². The van der Waals surface area contributed by atoms with Crippen LogP contribution < -0.4 is 5.73 Å². The molecule has 0 saturated carbocycles. The van der Waals surface area contributed by atoms with Gasteiger partial charge in [0.05, 0.1) is 5.03 Å². The van der Waals surface area contributed by atoms with Crippen LogP contribution in [-0.2, 0) is 6.42 Å². The van der Waals surface area contributed by atoms with E-state index in [0.717, 1.165) is 17.1 Å². The average molecular weight is 169 g/mol. The Kier molecular flexibility index (Phi) is 3.32. The summed E-state index contributed by atoms with van der Waals surface area (Å²) in [6.45, 7) is 0.644. The lowest BCUT2D eigenvalue weighted by Gasteiger charge is -1.98. The molecule has 1 aromatic rings. The van der Waals surface area contributed by atoms with Crippen molar-refractivity contribution in [1.29, 1.82) is 0 Å². The Bertz CT molecular complexity index is 227. The highest BCUT2D eigenvalue weighted by molar-refractivity contribution is 7.98. The molecule has 0 aromatic carbocycles. The Hall–Kier alpha value is -0.610. The number of aromatic nitrogens is 2. The zero-order valence-electron chi connectivity index (χ0n) is 6.45. The molecule has 0 bridgehead atoms. The maximum Gasteiger partial charge on any atom is 0.116 e. The van der Waals surface area contributed by atoms with Gasteiger partial charge < -0.3 is 5.73 Å². The van der Waals surface area contributed by atoms with Crippen LogP contribution in [0.2, 0.25) is 0 Å². The van der Waals surface area contributed by atoms with Crippen LogP contribution in [0.15, 0.2) is 17.4 Å². The number of thioether (sulfide) groups is 1. The second-order valence-corrected chi connectivity index (χ2v) is 2.92. The van der Waals surface area contributed by atoms with E-state index in [9.17, 15) is 0 Å². The topological polar surface area (TPSA) is 51.8 Å². The van der Waals surface area contributed by atoms with E-state index in [-0.39, 0.29) is 0 Å². The smallest absolute Gasteiger partial charge is 0.116 e. The summed E-state index contributed by atoms with van der Waals surface area (Å²) in [5, 5.41) is 1.00. The Labute approximate surface area is 70.4 Å². The zero-order valence-corrected chi connectivity index (χ0v) is 7.27. The Morgan fingerprint density at radius 3 is 3.00 bits per heavy atom. The van der Waals surface area contributed by atoms with Crippen LogP contribution in [-0.4, -0.2) is 22.8 Å². The Morgan fingerprint density at radius 2 is 2.36 bits per heavy atom. The van der Waals surface area contributed by atoms with Gasteiger partial charge in [0.2, 0.25) is 0 Å². The number of rotatable bonds is 3. The van der Waals surface area contributed by atoms with Gasteiger partial charge in [-0.05, 0) is 18.9 Å². The summed E-state index contributed by atoms with van der Waals surface area (Å²) >= 11 is 1.62. The van der Waals surface area contributed by atoms with Gasteiger partial charge in [-0.2, -0.15) is 0 Å². The van der Waals surface area contributed by atoms with Gasteiger partial charge in [0, 0.05) is 12.1 Å². The molecule has 0 fully saturated rings. The molecule has 1 heterocycles. The van der Waals surface area contributed by atoms with E-state index < -0.39 is 0 Å². The van der Waals surface area contributed by atoms with Crippen LogP contribution in [0, 0.1) is 0 Å². The molecule has 0 aliphatic rings. The third kappa shape index (κ3) is 2.48. The van der Waals surface area contributed by atoms with Crippen LogP contribution in [0.5, 0.6) is 0 Å². The second kappa shape index (κ2) is 4.31. The lowest BCUT2D eigenvalue weighted by molar-refractivity contribution is 0.886. The third-order valence-electron chi connectivity index (χ3n) is 1.31. The highest BCUT2D eigenvalue weighted by atomic mass is 32.2. The monoisotopic (exact) mass is 169 g/mol. The Morgan fingerprint density at radius 1 is 1.55 bits per heavy atom. The molecule has 0 saturated heterocycles. The first-order valence-corrected chi connectivity index (χ1v) is 4.64. The molecular formula is C7H11N3S. The SMILES string of the molecule is CSc1cc(CCN)ncn1. The van der Waals surface area contributed by atoms with Crippen molar-refractivity contribution in [2.24, 2.45) is 5.73 Å². The molecule has 1 rings (SSSR count).